The van der Waals surface area contributed by atoms with E-state index in [-0.39, 0.29) is 34.9 Å². The van der Waals surface area contributed by atoms with Crippen LogP contribution in [-0.2, 0) is 9.47 Å². The fourth-order valence-electron chi connectivity index (χ4n) is 4.79. The molecule has 166 valence electrons. The maximum absolute atomic E-state index is 6.03. The predicted molar refractivity (Wildman–Crippen MR) is 128 cm³/mol. The zero-order valence-electron chi connectivity index (χ0n) is 18.8. The van der Waals surface area contributed by atoms with Gasteiger partial charge in [0.1, 0.15) is 0 Å². The first-order valence-electron chi connectivity index (χ1n) is 10.9. The number of hydrogen-bond donors (Lipinski definition) is 2. The van der Waals surface area contributed by atoms with Crippen molar-refractivity contribution in [2.45, 2.75) is 77.5 Å². The maximum atomic E-state index is 6.03. The van der Waals surface area contributed by atoms with Gasteiger partial charge in [0.15, 0.2) is 5.96 Å². The molecular formula is C21H43IN4O2. The molecule has 28 heavy (non-hydrogen) atoms. The van der Waals surface area contributed by atoms with Gasteiger partial charge in [-0.3, -0.25) is 4.99 Å². The molecule has 0 aromatic carbocycles. The van der Waals surface area contributed by atoms with Crippen LogP contribution in [0.3, 0.4) is 0 Å². The molecule has 0 aromatic rings. The van der Waals surface area contributed by atoms with Gasteiger partial charge < -0.3 is 25.0 Å². The number of ether oxygens (including phenoxy) is 2. The number of nitrogens with zero attached hydrogens (tertiary/aromatic N) is 2. The lowest BCUT2D eigenvalue weighted by Gasteiger charge is -2.55. The van der Waals surface area contributed by atoms with E-state index in [1.165, 1.54) is 0 Å². The van der Waals surface area contributed by atoms with Crippen molar-refractivity contribution >= 4 is 29.9 Å². The molecule has 2 atom stereocenters. The lowest BCUT2D eigenvalue weighted by Crippen LogP contribution is -2.65. The lowest BCUT2D eigenvalue weighted by molar-refractivity contribution is -0.133. The molecule has 1 aliphatic heterocycles. The SMILES string of the molecule is CCNC(=NCC1(N(C)C)CCOCC1)NC1CC(OCC)C1(CC)CC.I. The summed E-state index contributed by atoms with van der Waals surface area (Å²) in [6.07, 6.45) is 5.75. The van der Waals surface area contributed by atoms with E-state index in [0.29, 0.717) is 12.1 Å². The zero-order chi connectivity index (χ0) is 19.9. The summed E-state index contributed by atoms with van der Waals surface area (Å²) in [4.78, 5) is 7.35. The monoisotopic (exact) mass is 510 g/mol. The van der Waals surface area contributed by atoms with Gasteiger partial charge in [0.2, 0.25) is 0 Å². The van der Waals surface area contributed by atoms with E-state index in [9.17, 15) is 0 Å². The van der Waals surface area contributed by atoms with Crippen LogP contribution in [0.5, 0.6) is 0 Å². The van der Waals surface area contributed by atoms with Crippen LogP contribution in [0.15, 0.2) is 4.99 Å². The minimum atomic E-state index is 0. The van der Waals surface area contributed by atoms with Gasteiger partial charge >= 0.3 is 0 Å². The van der Waals surface area contributed by atoms with Crippen molar-refractivity contribution in [3.8, 4) is 0 Å². The van der Waals surface area contributed by atoms with Crippen molar-refractivity contribution in [3.63, 3.8) is 0 Å². The second-order valence-corrected chi connectivity index (χ2v) is 8.24. The van der Waals surface area contributed by atoms with E-state index in [2.05, 4.69) is 57.3 Å². The summed E-state index contributed by atoms with van der Waals surface area (Å²) in [5, 5.41) is 7.20. The summed E-state index contributed by atoms with van der Waals surface area (Å²) < 4.78 is 11.6. The van der Waals surface area contributed by atoms with Gasteiger partial charge in [0, 0.05) is 43.4 Å². The lowest BCUT2D eigenvalue weighted by atomic mass is 9.58. The highest BCUT2D eigenvalue weighted by Gasteiger charge is 2.53. The Balaban J connectivity index is 0.00000392. The van der Waals surface area contributed by atoms with Gasteiger partial charge in [-0.1, -0.05) is 13.8 Å². The van der Waals surface area contributed by atoms with Crippen molar-refractivity contribution in [2.24, 2.45) is 10.4 Å². The molecule has 1 saturated carbocycles. The van der Waals surface area contributed by atoms with Crippen LogP contribution in [0, 0.1) is 5.41 Å². The average molecular weight is 511 g/mol. The highest BCUT2D eigenvalue weighted by atomic mass is 127. The molecule has 1 saturated heterocycles. The Bertz CT molecular complexity index is 477. The number of halogens is 1. The van der Waals surface area contributed by atoms with Gasteiger partial charge in [-0.2, -0.15) is 0 Å². The molecule has 2 aliphatic rings. The average Bonchev–Trinajstić information content (AvgIpc) is 2.67. The first kappa shape index (κ1) is 25.9. The first-order valence-corrected chi connectivity index (χ1v) is 10.9. The van der Waals surface area contributed by atoms with E-state index >= 15 is 0 Å². The molecule has 2 rings (SSSR count). The quantitative estimate of drug-likeness (QED) is 0.284. The van der Waals surface area contributed by atoms with Crippen LogP contribution in [-0.4, -0.2) is 75.5 Å². The Hall–Kier alpha value is -0.120. The highest BCUT2D eigenvalue weighted by Crippen LogP contribution is 2.48. The van der Waals surface area contributed by atoms with Crippen LogP contribution >= 0.6 is 24.0 Å². The van der Waals surface area contributed by atoms with E-state index in [1.54, 1.807) is 0 Å². The van der Waals surface area contributed by atoms with Gasteiger partial charge in [0.25, 0.3) is 0 Å². The van der Waals surface area contributed by atoms with E-state index in [1.807, 2.05) is 0 Å². The predicted octanol–water partition coefficient (Wildman–Crippen LogP) is 3.25. The minimum Gasteiger partial charge on any atom is -0.381 e. The Morgan fingerprint density at radius 2 is 1.79 bits per heavy atom. The summed E-state index contributed by atoms with van der Waals surface area (Å²) >= 11 is 0. The van der Waals surface area contributed by atoms with Crippen LogP contribution in [0.1, 0.15) is 59.8 Å². The molecular weight excluding hydrogens is 467 g/mol. The zero-order valence-corrected chi connectivity index (χ0v) is 21.2. The largest absolute Gasteiger partial charge is 0.381 e. The number of rotatable bonds is 9. The minimum absolute atomic E-state index is 0. The van der Waals surface area contributed by atoms with Crippen molar-refractivity contribution in [3.05, 3.63) is 0 Å². The van der Waals surface area contributed by atoms with Crippen molar-refractivity contribution in [1.82, 2.24) is 15.5 Å². The van der Waals surface area contributed by atoms with Crippen molar-refractivity contribution < 1.29 is 9.47 Å². The molecule has 2 unspecified atom stereocenters. The number of hydrogen-bond acceptors (Lipinski definition) is 4. The molecule has 0 aromatic heterocycles. The van der Waals surface area contributed by atoms with E-state index < -0.39 is 0 Å². The van der Waals surface area contributed by atoms with Crippen LogP contribution in [0.2, 0.25) is 0 Å². The number of likely N-dealkylation sites (N-methyl/N-ethyl adjacent to an activating group) is 1. The smallest absolute Gasteiger partial charge is 0.191 e. The van der Waals surface area contributed by atoms with Crippen LogP contribution in [0.4, 0.5) is 0 Å². The third kappa shape index (κ3) is 5.52. The third-order valence-corrected chi connectivity index (χ3v) is 7.03. The summed E-state index contributed by atoms with van der Waals surface area (Å²) in [5.74, 6) is 0.941. The Morgan fingerprint density at radius 3 is 2.29 bits per heavy atom. The fraction of sp³-hybridized carbons (Fsp3) is 0.952. The molecule has 2 N–H and O–H groups in total. The molecule has 2 fully saturated rings. The van der Waals surface area contributed by atoms with E-state index in [4.69, 9.17) is 14.5 Å². The Morgan fingerprint density at radius 1 is 1.14 bits per heavy atom. The topological polar surface area (TPSA) is 58.1 Å². The van der Waals surface area contributed by atoms with Crippen molar-refractivity contribution in [2.75, 3.05) is 47.0 Å². The summed E-state index contributed by atoms with van der Waals surface area (Å²) in [6, 6.07) is 0.423. The summed E-state index contributed by atoms with van der Waals surface area (Å²) in [6.45, 7) is 12.9. The maximum Gasteiger partial charge on any atom is 0.191 e. The Labute approximate surface area is 189 Å². The molecule has 7 heteroatoms. The molecule has 0 amide bonds. The van der Waals surface area contributed by atoms with Gasteiger partial charge in [-0.05, 0) is 60.0 Å². The second-order valence-electron chi connectivity index (χ2n) is 8.24. The van der Waals surface area contributed by atoms with Crippen molar-refractivity contribution in [1.29, 1.82) is 0 Å². The number of nitrogens with one attached hydrogen (secondary N) is 2. The summed E-state index contributed by atoms with van der Waals surface area (Å²) in [7, 11) is 4.33. The standard InChI is InChI=1S/C21H42N4O2.HI/c1-7-21(8-2)17(15-18(21)27-10-4)24-19(22-9-3)23-16-20(25(5)6)11-13-26-14-12-20;/h17-18H,7-16H2,1-6H3,(H2,22,23,24);1H. The Kier molecular flexibility index (Phi) is 11.0. The first-order chi connectivity index (χ1) is 13.0. The van der Waals surface area contributed by atoms with E-state index in [0.717, 1.165) is 71.0 Å². The van der Waals surface area contributed by atoms with Crippen LogP contribution in [0.25, 0.3) is 0 Å². The number of aliphatic imine (C=N–C) groups is 1. The van der Waals surface area contributed by atoms with Gasteiger partial charge in [-0.15, -0.1) is 24.0 Å². The molecule has 0 radical (unpaired) electrons. The molecule has 1 heterocycles. The molecule has 0 bridgehead atoms. The van der Waals surface area contributed by atoms with Crippen LogP contribution < -0.4 is 10.6 Å². The van der Waals surface area contributed by atoms with Gasteiger partial charge in [-0.25, -0.2) is 0 Å². The normalized spacial score (nSPS) is 26.3. The highest BCUT2D eigenvalue weighted by molar-refractivity contribution is 14.0. The third-order valence-electron chi connectivity index (χ3n) is 7.03. The summed E-state index contributed by atoms with van der Waals surface area (Å²) in [5.41, 5.74) is 0.310. The molecule has 0 spiro atoms. The molecule has 1 aliphatic carbocycles. The van der Waals surface area contributed by atoms with Gasteiger partial charge in [0.05, 0.1) is 12.6 Å². The second kappa shape index (κ2) is 11.9. The fourth-order valence-corrected chi connectivity index (χ4v) is 4.79. The number of guanidine groups is 1. The molecule has 6 nitrogen and oxygen atoms in total.